The highest BCUT2D eigenvalue weighted by Crippen LogP contribution is 2.35. The Labute approximate surface area is 121 Å². The molecule has 3 rings (SSSR count). The van der Waals surface area contributed by atoms with Crippen LogP contribution in [0.1, 0.15) is 50.5 Å². The van der Waals surface area contributed by atoms with Gasteiger partial charge in [-0.25, -0.2) is 0 Å². The number of amides is 1. The predicted octanol–water partition coefficient (Wildman–Crippen LogP) is 3.38. The molecule has 1 fully saturated rings. The van der Waals surface area contributed by atoms with Crippen LogP contribution in [0.3, 0.4) is 0 Å². The van der Waals surface area contributed by atoms with Crippen LogP contribution < -0.4 is 5.32 Å². The number of nitrogens with zero attached hydrogens (tertiary/aromatic N) is 1. The van der Waals surface area contributed by atoms with Gasteiger partial charge in [-0.3, -0.25) is 4.79 Å². The first-order valence-corrected chi connectivity index (χ1v) is 7.92. The SMILES string of the molecule is CCCCN(C(=O)CC1CNc2ccccc21)C1CC1. The Morgan fingerprint density at radius 1 is 1.35 bits per heavy atom. The molecule has 0 spiro atoms. The van der Waals surface area contributed by atoms with Crippen molar-refractivity contribution in [3.63, 3.8) is 0 Å². The van der Waals surface area contributed by atoms with Gasteiger partial charge < -0.3 is 10.2 Å². The molecule has 1 aromatic rings. The van der Waals surface area contributed by atoms with Crippen LogP contribution in [0.5, 0.6) is 0 Å². The van der Waals surface area contributed by atoms with E-state index in [4.69, 9.17) is 0 Å². The van der Waals surface area contributed by atoms with Gasteiger partial charge in [-0.15, -0.1) is 0 Å². The Balaban J connectivity index is 1.63. The molecule has 1 N–H and O–H groups in total. The first-order valence-electron chi connectivity index (χ1n) is 7.92. The van der Waals surface area contributed by atoms with Crippen LogP contribution in [0.4, 0.5) is 5.69 Å². The molecule has 1 saturated carbocycles. The average molecular weight is 272 g/mol. The Kier molecular flexibility index (Phi) is 3.95. The number of carbonyl (C=O) groups is 1. The van der Waals surface area contributed by atoms with Gasteiger partial charge in [0.2, 0.25) is 5.91 Å². The first-order chi connectivity index (χ1) is 9.79. The van der Waals surface area contributed by atoms with Crippen molar-refractivity contribution in [2.75, 3.05) is 18.4 Å². The molecular weight excluding hydrogens is 248 g/mol. The van der Waals surface area contributed by atoms with Crippen molar-refractivity contribution in [2.45, 2.75) is 51.0 Å². The van der Waals surface area contributed by atoms with Gasteiger partial charge >= 0.3 is 0 Å². The summed E-state index contributed by atoms with van der Waals surface area (Å²) in [4.78, 5) is 14.7. The normalized spacial score (nSPS) is 20.4. The molecule has 0 bridgehead atoms. The number of rotatable bonds is 6. The second-order valence-corrected chi connectivity index (χ2v) is 6.04. The Morgan fingerprint density at radius 3 is 2.90 bits per heavy atom. The fourth-order valence-electron chi connectivity index (χ4n) is 3.09. The van der Waals surface area contributed by atoms with Gasteiger partial charge in [0.1, 0.15) is 0 Å². The van der Waals surface area contributed by atoms with Crippen molar-refractivity contribution < 1.29 is 4.79 Å². The smallest absolute Gasteiger partial charge is 0.223 e. The van der Waals surface area contributed by atoms with E-state index in [0.717, 1.165) is 25.9 Å². The number of nitrogens with one attached hydrogen (secondary N) is 1. The van der Waals surface area contributed by atoms with Crippen LogP contribution in [0, 0.1) is 0 Å². The Morgan fingerprint density at radius 2 is 2.15 bits per heavy atom. The summed E-state index contributed by atoms with van der Waals surface area (Å²) in [7, 11) is 0. The molecule has 1 unspecified atom stereocenters. The van der Waals surface area contributed by atoms with Crippen molar-refractivity contribution in [3.05, 3.63) is 29.8 Å². The number of unbranched alkanes of at least 4 members (excludes halogenated alkanes) is 1. The molecule has 3 heteroatoms. The van der Waals surface area contributed by atoms with E-state index < -0.39 is 0 Å². The summed E-state index contributed by atoms with van der Waals surface area (Å²) in [5, 5.41) is 3.41. The van der Waals surface area contributed by atoms with Crippen LogP contribution >= 0.6 is 0 Å². The maximum Gasteiger partial charge on any atom is 0.223 e. The Bertz CT molecular complexity index is 482. The standard InChI is InChI=1S/C17H24N2O/c1-2-3-10-19(14-8-9-14)17(20)11-13-12-18-16-7-5-4-6-15(13)16/h4-7,13-14,18H,2-3,8-12H2,1H3. The second-order valence-electron chi connectivity index (χ2n) is 6.04. The monoisotopic (exact) mass is 272 g/mol. The van der Waals surface area contributed by atoms with E-state index in [-0.39, 0.29) is 0 Å². The van der Waals surface area contributed by atoms with Crippen LogP contribution in [-0.4, -0.2) is 29.9 Å². The molecule has 20 heavy (non-hydrogen) atoms. The zero-order valence-electron chi connectivity index (χ0n) is 12.3. The lowest BCUT2D eigenvalue weighted by Crippen LogP contribution is -2.35. The number of anilines is 1. The number of hydrogen-bond acceptors (Lipinski definition) is 2. The summed E-state index contributed by atoms with van der Waals surface area (Å²) in [6.45, 7) is 4.03. The van der Waals surface area contributed by atoms with Gasteiger partial charge in [-0.2, -0.15) is 0 Å². The average Bonchev–Trinajstić information content (AvgIpc) is 3.22. The zero-order valence-corrected chi connectivity index (χ0v) is 12.3. The zero-order chi connectivity index (χ0) is 13.9. The third-order valence-electron chi connectivity index (χ3n) is 4.42. The summed E-state index contributed by atoms with van der Waals surface area (Å²) in [6.07, 6.45) is 5.35. The first kappa shape index (κ1) is 13.5. The molecule has 108 valence electrons. The van der Waals surface area contributed by atoms with Gasteiger partial charge in [-0.05, 0) is 30.9 Å². The van der Waals surface area contributed by atoms with E-state index in [1.54, 1.807) is 0 Å². The molecule has 1 amide bonds. The highest BCUT2D eigenvalue weighted by molar-refractivity contribution is 5.79. The number of carbonyl (C=O) groups excluding carboxylic acids is 1. The van der Waals surface area contributed by atoms with Gasteiger partial charge in [0.25, 0.3) is 0 Å². The molecule has 3 nitrogen and oxygen atoms in total. The molecule has 2 aliphatic rings. The van der Waals surface area contributed by atoms with Crippen LogP contribution in [0.2, 0.25) is 0 Å². The van der Waals surface area contributed by atoms with Gasteiger partial charge in [0.15, 0.2) is 0 Å². The van der Waals surface area contributed by atoms with E-state index in [2.05, 4.69) is 35.3 Å². The number of hydrogen-bond donors (Lipinski definition) is 1. The number of benzene rings is 1. The van der Waals surface area contributed by atoms with Crippen LogP contribution in [0.15, 0.2) is 24.3 Å². The minimum Gasteiger partial charge on any atom is -0.384 e. The van der Waals surface area contributed by atoms with Gasteiger partial charge in [-0.1, -0.05) is 31.5 Å². The third-order valence-corrected chi connectivity index (χ3v) is 4.42. The molecule has 1 aliphatic carbocycles. The van der Waals surface area contributed by atoms with Crippen molar-refractivity contribution in [3.8, 4) is 0 Å². The van der Waals surface area contributed by atoms with E-state index in [1.165, 1.54) is 24.1 Å². The quantitative estimate of drug-likeness (QED) is 0.861. The molecular formula is C17H24N2O. The molecule has 0 aromatic heterocycles. The van der Waals surface area contributed by atoms with Crippen molar-refractivity contribution in [1.29, 1.82) is 0 Å². The summed E-state index contributed by atoms with van der Waals surface area (Å²) >= 11 is 0. The van der Waals surface area contributed by atoms with E-state index in [9.17, 15) is 4.79 Å². The fraction of sp³-hybridized carbons (Fsp3) is 0.588. The van der Waals surface area contributed by atoms with E-state index in [1.807, 2.05) is 6.07 Å². The maximum absolute atomic E-state index is 12.6. The molecule has 0 saturated heterocycles. The lowest BCUT2D eigenvalue weighted by molar-refractivity contribution is -0.132. The largest absolute Gasteiger partial charge is 0.384 e. The molecule has 1 aliphatic heterocycles. The summed E-state index contributed by atoms with van der Waals surface area (Å²) in [6, 6.07) is 8.92. The summed E-state index contributed by atoms with van der Waals surface area (Å²) in [5.74, 6) is 0.700. The molecule has 0 radical (unpaired) electrons. The Hall–Kier alpha value is -1.51. The lowest BCUT2D eigenvalue weighted by atomic mass is 9.97. The van der Waals surface area contributed by atoms with Gasteiger partial charge in [0, 0.05) is 37.2 Å². The highest BCUT2D eigenvalue weighted by atomic mass is 16.2. The summed E-state index contributed by atoms with van der Waals surface area (Å²) < 4.78 is 0. The molecule has 1 atom stereocenters. The minimum atomic E-state index is 0.349. The number of para-hydroxylation sites is 1. The second kappa shape index (κ2) is 5.86. The summed E-state index contributed by atoms with van der Waals surface area (Å²) in [5.41, 5.74) is 2.52. The fourth-order valence-corrected chi connectivity index (χ4v) is 3.09. The topological polar surface area (TPSA) is 32.3 Å². The predicted molar refractivity (Wildman–Crippen MR) is 81.9 cm³/mol. The van der Waals surface area contributed by atoms with Crippen molar-refractivity contribution in [1.82, 2.24) is 4.90 Å². The van der Waals surface area contributed by atoms with Gasteiger partial charge in [0.05, 0.1) is 0 Å². The third kappa shape index (κ3) is 2.82. The van der Waals surface area contributed by atoms with E-state index >= 15 is 0 Å². The highest BCUT2D eigenvalue weighted by Gasteiger charge is 2.34. The lowest BCUT2D eigenvalue weighted by Gasteiger charge is -2.24. The van der Waals surface area contributed by atoms with Crippen LogP contribution in [-0.2, 0) is 4.79 Å². The van der Waals surface area contributed by atoms with E-state index in [0.29, 0.717) is 24.3 Å². The maximum atomic E-state index is 12.6. The molecule has 1 heterocycles. The van der Waals surface area contributed by atoms with Crippen molar-refractivity contribution >= 4 is 11.6 Å². The number of fused-ring (bicyclic) bond motifs is 1. The minimum absolute atomic E-state index is 0.349. The molecule has 1 aromatic carbocycles. The van der Waals surface area contributed by atoms with Crippen molar-refractivity contribution in [2.24, 2.45) is 0 Å². The van der Waals surface area contributed by atoms with Crippen LogP contribution in [0.25, 0.3) is 0 Å².